The molecule has 1 N–H and O–H groups in total. The number of carbonyl (C=O) groups is 2. The predicted molar refractivity (Wildman–Crippen MR) is 108 cm³/mol. The number of carbonyl (C=O) groups excluding carboxylic acids is 2. The first-order valence-electron chi connectivity index (χ1n) is 9.38. The molecule has 2 rings (SSSR count). The van der Waals surface area contributed by atoms with Crippen molar-refractivity contribution >= 4 is 27.9 Å². The molecule has 0 aliphatic carbocycles. The van der Waals surface area contributed by atoms with E-state index in [2.05, 4.69) is 21.2 Å². The van der Waals surface area contributed by atoms with E-state index in [4.69, 9.17) is 9.47 Å². The number of hydrogen-bond donors (Lipinski definition) is 1. The molecule has 1 aromatic carbocycles. The lowest BCUT2D eigenvalue weighted by Gasteiger charge is -2.33. The summed E-state index contributed by atoms with van der Waals surface area (Å²) in [6.45, 7) is 7.29. The Bertz CT molecular complexity index is 637. The van der Waals surface area contributed by atoms with E-state index >= 15 is 0 Å². The van der Waals surface area contributed by atoms with Gasteiger partial charge in [0.2, 0.25) is 5.91 Å². The number of likely N-dealkylation sites (tertiary alicyclic amines) is 1. The van der Waals surface area contributed by atoms with Crippen LogP contribution in [-0.2, 0) is 9.53 Å². The van der Waals surface area contributed by atoms with Crippen molar-refractivity contribution in [2.24, 2.45) is 0 Å². The molecule has 0 saturated carbocycles. The summed E-state index contributed by atoms with van der Waals surface area (Å²) in [6, 6.07) is 7.76. The van der Waals surface area contributed by atoms with Crippen molar-refractivity contribution in [2.75, 3.05) is 19.7 Å². The second kappa shape index (κ2) is 9.97. The van der Waals surface area contributed by atoms with Gasteiger partial charge in [-0.15, -0.1) is 0 Å². The molecule has 150 valence electrons. The Morgan fingerprint density at radius 2 is 1.96 bits per heavy atom. The third-order valence-electron chi connectivity index (χ3n) is 4.12. The number of halogens is 1. The van der Waals surface area contributed by atoms with Gasteiger partial charge in [-0.2, -0.15) is 0 Å². The molecule has 6 nitrogen and oxygen atoms in total. The molecule has 1 fully saturated rings. The summed E-state index contributed by atoms with van der Waals surface area (Å²) in [5.41, 5.74) is -0.486. The minimum atomic E-state index is -0.486. The number of rotatable bonds is 6. The molecular formula is C20H29BrN2O4. The van der Waals surface area contributed by atoms with E-state index in [1.54, 1.807) is 4.90 Å². The van der Waals surface area contributed by atoms with E-state index in [1.807, 2.05) is 45.0 Å². The molecule has 1 aliphatic rings. The first kappa shape index (κ1) is 21.5. The van der Waals surface area contributed by atoms with Gasteiger partial charge in [-0.05, 0) is 58.2 Å². The largest absolute Gasteiger partial charge is 0.494 e. The topological polar surface area (TPSA) is 67.9 Å². The van der Waals surface area contributed by atoms with E-state index in [0.717, 1.165) is 23.1 Å². The maximum Gasteiger partial charge on any atom is 0.410 e. The summed E-state index contributed by atoms with van der Waals surface area (Å²) in [6.07, 6.45) is 2.31. The van der Waals surface area contributed by atoms with Crippen LogP contribution in [0.2, 0.25) is 0 Å². The van der Waals surface area contributed by atoms with Crippen molar-refractivity contribution < 1.29 is 19.1 Å². The minimum Gasteiger partial charge on any atom is -0.494 e. The smallest absolute Gasteiger partial charge is 0.410 e. The first-order chi connectivity index (χ1) is 12.7. The van der Waals surface area contributed by atoms with Crippen molar-refractivity contribution in [2.45, 2.75) is 58.1 Å². The van der Waals surface area contributed by atoms with Crippen LogP contribution in [0.15, 0.2) is 28.7 Å². The van der Waals surface area contributed by atoms with Crippen LogP contribution in [0.4, 0.5) is 4.79 Å². The third-order valence-corrected chi connectivity index (χ3v) is 4.62. The van der Waals surface area contributed by atoms with E-state index < -0.39 is 5.60 Å². The average Bonchev–Trinajstić information content (AvgIpc) is 2.58. The summed E-state index contributed by atoms with van der Waals surface area (Å²) in [5, 5.41) is 3.05. The molecule has 1 aromatic rings. The van der Waals surface area contributed by atoms with Gasteiger partial charge >= 0.3 is 6.09 Å². The van der Waals surface area contributed by atoms with Gasteiger partial charge < -0.3 is 19.7 Å². The molecule has 1 saturated heterocycles. The van der Waals surface area contributed by atoms with Gasteiger partial charge in [0.05, 0.1) is 6.61 Å². The first-order valence-corrected chi connectivity index (χ1v) is 10.2. The van der Waals surface area contributed by atoms with Crippen LogP contribution in [-0.4, -0.2) is 48.2 Å². The number of ether oxygens (including phenoxy) is 2. The second-order valence-electron chi connectivity index (χ2n) is 7.72. The monoisotopic (exact) mass is 440 g/mol. The Balaban J connectivity index is 1.61. The molecule has 1 heterocycles. The molecule has 0 bridgehead atoms. The van der Waals surface area contributed by atoms with Gasteiger partial charge in [0.1, 0.15) is 11.4 Å². The molecule has 0 spiro atoms. The molecule has 2 amide bonds. The van der Waals surface area contributed by atoms with E-state index in [-0.39, 0.29) is 18.0 Å². The van der Waals surface area contributed by atoms with E-state index in [9.17, 15) is 9.59 Å². The number of nitrogens with zero attached hydrogens (tertiary/aromatic N) is 1. The number of nitrogens with one attached hydrogen (secondary N) is 1. The van der Waals surface area contributed by atoms with Crippen molar-refractivity contribution in [3.8, 4) is 5.75 Å². The molecule has 0 radical (unpaired) electrons. The maximum atomic E-state index is 12.1. The van der Waals surface area contributed by atoms with Gasteiger partial charge in [0, 0.05) is 30.0 Å². The number of amides is 2. The molecule has 7 heteroatoms. The zero-order chi connectivity index (χ0) is 19.9. The van der Waals surface area contributed by atoms with Crippen molar-refractivity contribution in [1.29, 1.82) is 0 Å². The highest BCUT2D eigenvalue weighted by molar-refractivity contribution is 9.10. The number of piperidine rings is 1. The molecule has 0 atom stereocenters. The number of benzene rings is 1. The fourth-order valence-electron chi connectivity index (χ4n) is 2.81. The molecule has 0 unspecified atom stereocenters. The van der Waals surface area contributed by atoms with Crippen LogP contribution in [0, 0.1) is 0 Å². The van der Waals surface area contributed by atoms with Crippen molar-refractivity contribution in [3.05, 3.63) is 28.7 Å². The highest BCUT2D eigenvalue weighted by Crippen LogP contribution is 2.18. The Morgan fingerprint density at radius 3 is 2.59 bits per heavy atom. The summed E-state index contributed by atoms with van der Waals surface area (Å²) < 4.78 is 12.0. The summed E-state index contributed by atoms with van der Waals surface area (Å²) in [7, 11) is 0. The van der Waals surface area contributed by atoms with Gasteiger partial charge in [0.15, 0.2) is 0 Å². The van der Waals surface area contributed by atoms with Crippen LogP contribution in [0.25, 0.3) is 0 Å². The quantitative estimate of drug-likeness (QED) is 0.675. The lowest BCUT2D eigenvalue weighted by Crippen LogP contribution is -2.47. The molecule has 1 aliphatic heterocycles. The van der Waals surface area contributed by atoms with Crippen LogP contribution >= 0.6 is 15.9 Å². The summed E-state index contributed by atoms with van der Waals surface area (Å²) in [5.74, 6) is 0.822. The van der Waals surface area contributed by atoms with E-state index in [1.165, 1.54) is 0 Å². The fourth-order valence-corrected chi connectivity index (χ4v) is 3.19. The average molecular weight is 441 g/mol. The second-order valence-corrected chi connectivity index (χ2v) is 8.63. The Labute approximate surface area is 169 Å². The Hall–Kier alpha value is -1.76. The minimum absolute atomic E-state index is 0.0311. The SMILES string of the molecule is CC(C)(C)OC(=O)N1CCC(NC(=O)CCCOc2cccc(Br)c2)CC1. The van der Waals surface area contributed by atoms with E-state index in [0.29, 0.717) is 32.5 Å². The van der Waals surface area contributed by atoms with Gasteiger partial charge in [-0.3, -0.25) is 4.79 Å². The standard InChI is InChI=1S/C20H29BrN2O4/c1-20(2,3)27-19(25)23-11-9-16(10-12-23)22-18(24)8-5-13-26-17-7-4-6-15(21)14-17/h4,6-7,14,16H,5,8-13H2,1-3H3,(H,22,24). The molecule has 27 heavy (non-hydrogen) atoms. The van der Waals surface area contributed by atoms with Gasteiger partial charge in [0.25, 0.3) is 0 Å². The van der Waals surface area contributed by atoms with Gasteiger partial charge in [-0.1, -0.05) is 22.0 Å². The van der Waals surface area contributed by atoms with Crippen molar-refractivity contribution in [3.63, 3.8) is 0 Å². The maximum absolute atomic E-state index is 12.1. The Kier molecular flexibility index (Phi) is 7.95. The lowest BCUT2D eigenvalue weighted by molar-refractivity contribution is -0.122. The summed E-state index contributed by atoms with van der Waals surface area (Å²) >= 11 is 3.40. The third kappa shape index (κ3) is 8.20. The van der Waals surface area contributed by atoms with Crippen LogP contribution in [0.1, 0.15) is 46.5 Å². The van der Waals surface area contributed by atoms with Crippen LogP contribution in [0.5, 0.6) is 5.75 Å². The predicted octanol–water partition coefficient (Wildman–Crippen LogP) is 4.12. The summed E-state index contributed by atoms with van der Waals surface area (Å²) in [4.78, 5) is 25.9. The van der Waals surface area contributed by atoms with Crippen molar-refractivity contribution in [1.82, 2.24) is 10.2 Å². The zero-order valence-corrected chi connectivity index (χ0v) is 17.9. The number of hydrogen-bond acceptors (Lipinski definition) is 4. The molecular weight excluding hydrogens is 412 g/mol. The molecule has 0 aromatic heterocycles. The zero-order valence-electron chi connectivity index (χ0n) is 16.3. The Morgan fingerprint density at radius 1 is 1.26 bits per heavy atom. The fraction of sp³-hybridized carbons (Fsp3) is 0.600. The lowest BCUT2D eigenvalue weighted by atomic mass is 10.1. The highest BCUT2D eigenvalue weighted by Gasteiger charge is 2.27. The van der Waals surface area contributed by atoms with Crippen LogP contribution < -0.4 is 10.1 Å². The van der Waals surface area contributed by atoms with Crippen LogP contribution in [0.3, 0.4) is 0 Å². The highest BCUT2D eigenvalue weighted by atomic mass is 79.9. The normalized spacial score (nSPS) is 15.3. The van der Waals surface area contributed by atoms with Gasteiger partial charge in [-0.25, -0.2) is 4.79 Å².